The minimum atomic E-state index is -0.440. The number of aliphatic imine (C=N–C) groups is 1. The summed E-state index contributed by atoms with van der Waals surface area (Å²) in [6.07, 6.45) is 8.38. The predicted octanol–water partition coefficient (Wildman–Crippen LogP) is 0.649. The third-order valence-electron chi connectivity index (χ3n) is 4.74. The summed E-state index contributed by atoms with van der Waals surface area (Å²) in [5, 5.41) is 3.80. The van der Waals surface area contributed by atoms with Gasteiger partial charge in [-0.3, -0.25) is 9.79 Å². The van der Waals surface area contributed by atoms with Crippen molar-refractivity contribution in [1.82, 2.24) is 20.3 Å². The van der Waals surface area contributed by atoms with Crippen molar-refractivity contribution in [3.8, 4) is 0 Å². The van der Waals surface area contributed by atoms with E-state index in [1.165, 1.54) is 0 Å². The van der Waals surface area contributed by atoms with Crippen molar-refractivity contribution in [2.75, 3.05) is 24.5 Å². The fraction of sp³-hybridized carbons (Fsp3) is 0.412. The Kier molecular flexibility index (Phi) is 3.76. The standard InChI is InChI=1S/C17H21N7O/c1-11-7-19-15-14(11)16(22-10-21-15)24-6-5-17(18,9-24)8-20-12-3-2-4-13(25)23-12/h2-3,7,10H,4-6,8-9,18H2,1H3,(H,19,21,22)(H,20,23,25)/t17-/m0/s1. The molecule has 0 aliphatic carbocycles. The van der Waals surface area contributed by atoms with Crippen LogP contribution in [0, 0.1) is 6.92 Å². The first-order chi connectivity index (χ1) is 12.0. The molecule has 1 saturated heterocycles. The number of aryl methyl sites for hydroxylation is 1. The van der Waals surface area contributed by atoms with Gasteiger partial charge in [0.25, 0.3) is 0 Å². The van der Waals surface area contributed by atoms with Crippen LogP contribution < -0.4 is 16.0 Å². The zero-order chi connectivity index (χ0) is 17.4. The van der Waals surface area contributed by atoms with Crippen molar-refractivity contribution in [3.05, 3.63) is 30.2 Å². The van der Waals surface area contributed by atoms with Crippen LogP contribution in [0.25, 0.3) is 11.0 Å². The zero-order valence-electron chi connectivity index (χ0n) is 14.1. The summed E-state index contributed by atoms with van der Waals surface area (Å²) in [6.45, 7) is 3.99. The van der Waals surface area contributed by atoms with Crippen molar-refractivity contribution >= 4 is 28.6 Å². The van der Waals surface area contributed by atoms with Crippen LogP contribution in [0.15, 0.2) is 29.7 Å². The Morgan fingerprint density at radius 1 is 1.44 bits per heavy atom. The normalized spacial score (nSPS) is 25.1. The van der Waals surface area contributed by atoms with Crippen LogP contribution in [0.5, 0.6) is 0 Å². The fourth-order valence-corrected chi connectivity index (χ4v) is 3.39. The minimum Gasteiger partial charge on any atom is -0.354 e. The molecule has 8 heteroatoms. The number of hydrogen-bond acceptors (Lipinski definition) is 6. The molecule has 4 heterocycles. The Morgan fingerprint density at radius 2 is 2.32 bits per heavy atom. The molecule has 0 aromatic carbocycles. The van der Waals surface area contributed by atoms with Gasteiger partial charge in [-0.1, -0.05) is 6.08 Å². The Balaban J connectivity index is 1.53. The second kappa shape index (κ2) is 5.96. The molecule has 0 unspecified atom stereocenters. The number of rotatable bonds is 3. The second-order valence-electron chi connectivity index (χ2n) is 6.78. The molecule has 25 heavy (non-hydrogen) atoms. The largest absolute Gasteiger partial charge is 0.354 e. The van der Waals surface area contributed by atoms with Gasteiger partial charge in [0.15, 0.2) is 0 Å². The molecule has 1 atom stereocenters. The first-order valence-electron chi connectivity index (χ1n) is 8.37. The van der Waals surface area contributed by atoms with Gasteiger partial charge in [0.1, 0.15) is 23.6 Å². The van der Waals surface area contributed by atoms with E-state index in [0.717, 1.165) is 35.4 Å². The van der Waals surface area contributed by atoms with Gasteiger partial charge in [-0.15, -0.1) is 0 Å². The van der Waals surface area contributed by atoms with E-state index in [1.54, 1.807) is 6.33 Å². The van der Waals surface area contributed by atoms with Crippen LogP contribution in [-0.4, -0.2) is 51.9 Å². The lowest BCUT2D eigenvalue weighted by molar-refractivity contribution is -0.118. The molecule has 0 radical (unpaired) electrons. The van der Waals surface area contributed by atoms with Gasteiger partial charge in [0, 0.05) is 25.7 Å². The molecular formula is C17H21N7O. The molecule has 4 N–H and O–H groups in total. The number of hydrogen-bond donors (Lipinski definition) is 3. The van der Waals surface area contributed by atoms with Gasteiger partial charge in [0.05, 0.1) is 17.5 Å². The van der Waals surface area contributed by atoms with E-state index in [4.69, 9.17) is 5.73 Å². The summed E-state index contributed by atoms with van der Waals surface area (Å²) in [7, 11) is 0. The lowest BCUT2D eigenvalue weighted by Gasteiger charge is -2.24. The van der Waals surface area contributed by atoms with Crippen molar-refractivity contribution in [2.24, 2.45) is 10.7 Å². The lowest BCUT2D eigenvalue weighted by atomic mass is 10.0. The smallest absolute Gasteiger partial charge is 0.229 e. The maximum absolute atomic E-state index is 11.4. The van der Waals surface area contributed by atoms with Crippen molar-refractivity contribution in [1.29, 1.82) is 0 Å². The molecule has 130 valence electrons. The van der Waals surface area contributed by atoms with Crippen molar-refractivity contribution in [3.63, 3.8) is 0 Å². The topological polar surface area (TPSA) is 112 Å². The van der Waals surface area contributed by atoms with Crippen LogP contribution in [0.2, 0.25) is 0 Å². The average Bonchev–Trinajstić information content (AvgIpc) is 3.18. The number of nitrogens with one attached hydrogen (secondary N) is 2. The number of amidine groups is 1. The lowest BCUT2D eigenvalue weighted by Crippen LogP contribution is -2.46. The fourth-order valence-electron chi connectivity index (χ4n) is 3.39. The highest BCUT2D eigenvalue weighted by molar-refractivity contribution is 6.07. The number of aromatic nitrogens is 3. The molecule has 1 amide bonds. The molecule has 2 aliphatic heterocycles. The van der Waals surface area contributed by atoms with Gasteiger partial charge < -0.3 is 20.9 Å². The number of aromatic amines is 1. The highest BCUT2D eigenvalue weighted by Gasteiger charge is 2.36. The number of nitrogens with two attached hydrogens (primary N) is 1. The monoisotopic (exact) mass is 339 g/mol. The summed E-state index contributed by atoms with van der Waals surface area (Å²) in [5.74, 6) is 1.46. The maximum Gasteiger partial charge on any atom is 0.229 e. The number of nitrogens with zero attached hydrogens (tertiary/aromatic N) is 4. The van der Waals surface area contributed by atoms with Gasteiger partial charge in [-0.05, 0) is 25.0 Å². The number of carbonyl (C=O) groups excluding carboxylic acids is 1. The summed E-state index contributed by atoms with van der Waals surface area (Å²) in [6, 6.07) is 0. The van der Waals surface area contributed by atoms with Crippen LogP contribution in [0.1, 0.15) is 18.4 Å². The molecule has 2 aliphatic rings. The molecule has 2 aromatic rings. The Hall–Kier alpha value is -2.74. The number of anilines is 1. The van der Waals surface area contributed by atoms with E-state index >= 15 is 0 Å². The molecule has 8 nitrogen and oxygen atoms in total. The van der Waals surface area contributed by atoms with E-state index in [0.29, 0.717) is 25.3 Å². The Morgan fingerprint density at radius 3 is 3.16 bits per heavy atom. The van der Waals surface area contributed by atoms with Crippen molar-refractivity contribution in [2.45, 2.75) is 25.3 Å². The summed E-state index contributed by atoms with van der Waals surface area (Å²) >= 11 is 0. The zero-order valence-corrected chi connectivity index (χ0v) is 14.1. The molecule has 2 aromatic heterocycles. The van der Waals surface area contributed by atoms with Gasteiger partial charge in [-0.25, -0.2) is 9.97 Å². The number of H-pyrrole nitrogens is 1. The average molecular weight is 339 g/mol. The summed E-state index contributed by atoms with van der Waals surface area (Å²) in [4.78, 5) is 30.0. The van der Waals surface area contributed by atoms with Crippen molar-refractivity contribution < 1.29 is 4.79 Å². The third-order valence-corrected chi connectivity index (χ3v) is 4.74. The van der Waals surface area contributed by atoms with Crippen LogP contribution in [0.4, 0.5) is 5.82 Å². The van der Waals surface area contributed by atoms with E-state index in [-0.39, 0.29) is 5.91 Å². The second-order valence-corrected chi connectivity index (χ2v) is 6.78. The van der Waals surface area contributed by atoms with Crippen LogP contribution in [0.3, 0.4) is 0 Å². The Bertz CT molecular complexity index is 884. The minimum absolute atomic E-state index is 0.0355. The number of fused-ring (bicyclic) bond motifs is 1. The van der Waals surface area contributed by atoms with Gasteiger partial charge >= 0.3 is 0 Å². The molecule has 4 rings (SSSR count). The quantitative estimate of drug-likeness (QED) is 0.760. The first kappa shape index (κ1) is 15.8. The van der Waals surface area contributed by atoms with E-state index in [1.807, 2.05) is 25.3 Å². The summed E-state index contributed by atoms with van der Waals surface area (Å²) < 4.78 is 0. The van der Waals surface area contributed by atoms with Gasteiger partial charge in [-0.2, -0.15) is 0 Å². The predicted molar refractivity (Wildman–Crippen MR) is 96.6 cm³/mol. The Labute approximate surface area is 145 Å². The highest BCUT2D eigenvalue weighted by Crippen LogP contribution is 2.30. The maximum atomic E-state index is 11.4. The van der Waals surface area contributed by atoms with E-state index in [2.05, 4.69) is 30.2 Å². The molecule has 0 spiro atoms. The molecular weight excluding hydrogens is 318 g/mol. The third kappa shape index (κ3) is 3.00. The SMILES string of the molecule is Cc1c[nH]c2ncnc(N3CC[C@](N)(CN=C4C=CCC(=O)N4)C3)c12. The molecule has 0 saturated carbocycles. The molecule has 0 bridgehead atoms. The summed E-state index contributed by atoms with van der Waals surface area (Å²) in [5.41, 5.74) is 8.08. The van der Waals surface area contributed by atoms with Gasteiger partial charge in [0.2, 0.25) is 5.91 Å². The number of carbonyl (C=O) groups is 1. The highest BCUT2D eigenvalue weighted by atomic mass is 16.1. The van der Waals surface area contributed by atoms with E-state index in [9.17, 15) is 4.79 Å². The first-order valence-corrected chi connectivity index (χ1v) is 8.37. The van der Waals surface area contributed by atoms with Crippen LogP contribution >= 0.6 is 0 Å². The number of amides is 1. The van der Waals surface area contributed by atoms with Crippen LogP contribution in [-0.2, 0) is 4.79 Å². The molecule has 1 fully saturated rings. The van der Waals surface area contributed by atoms with E-state index < -0.39 is 5.54 Å².